The van der Waals surface area contributed by atoms with Gasteiger partial charge in [-0.1, -0.05) is 54.6 Å². The average molecular weight is 375 g/mol. The van der Waals surface area contributed by atoms with E-state index in [0.717, 1.165) is 5.56 Å². The molecule has 0 aliphatic carbocycles. The second kappa shape index (κ2) is 6.47. The van der Waals surface area contributed by atoms with Gasteiger partial charge in [0.1, 0.15) is 5.69 Å². The Labute approximate surface area is 160 Å². The molecule has 0 bridgehead atoms. The van der Waals surface area contributed by atoms with Crippen LogP contribution < -0.4 is 5.73 Å². The van der Waals surface area contributed by atoms with Gasteiger partial charge in [0.2, 0.25) is 0 Å². The molecule has 1 amide bonds. The number of aliphatic hydroxyl groups is 1. The lowest BCUT2D eigenvalue weighted by molar-refractivity contribution is -0.384. The van der Waals surface area contributed by atoms with E-state index in [1.54, 1.807) is 24.3 Å². The van der Waals surface area contributed by atoms with Gasteiger partial charge in [0.25, 0.3) is 11.6 Å². The second-order valence-corrected chi connectivity index (χ2v) is 6.63. The first-order valence-corrected chi connectivity index (χ1v) is 8.65. The number of hydrogen-bond acceptors (Lipinski definition) is 5. The minimum Gasteiger partial charge on any atom is -0.393 e. The number of nitrogens with zero attached hydrogens (tertiary/aromatic N) is 2. The van der Waals surface area contributed by atoms with E-state index in [9.17, 15) is 20.0 Å². The van der Waals surface area contributed by atoms with Gasteiger partial charge < -0.3 is 10.8 Å². The number of hydrogen-bond donors (Lipinski definition) is 2. The lowest BCUT2D eigenvalue weighted by atomic mass is 9.93. The van der Waals surface area contributed by atoms with Crippen molar-refractivity contribution < 1.29 is 14.8 Å². The Morgan fingerprint density at radius 2 is 1.71 bits per heavy atom. The standard InChI is InChI=1S/C21H17N3O4/c22-18-11-10-15(12-19(18)24(27)28)21(26)17-9-5-4-8-16(17)20(25)23(21)13-14-6-2-1-3-7-14/h1-12,26H,13,22H2/t21-/m0/s1. The smallest absolute Gasteiger partial charge is 0.292 e. The highest BCUT2D eigenvalue weighted by atomic mass is 16.6. The van der Waals surface area contributed by atoms with Crippen molar-refractivity contribution in [3.8, 4) is 0 Å². The van der Waals surface area contributed by atoms with Gasteiger partial charge in [0, 0.05) is 29.3 Å². The molecule has 0 unspecified atom stereocenters. The third-order valence-electron chi connectivity index (χ3n) is 4.98. The number of carbonyl (C=O) groups excluding carboxylic acids is 1. The summed E-state index contributed by atoms with van der Waals surface area (Å²) in [6.45, 7) is 0.142. The molecule has 0 saturated carbocycles. The number of carbonyl (C=O) groups is 1. The highest BCUT2D eigenvalue weighted by Crippen LogP contribution is 2.44. The highest BCUT2D eigenvalue weighted by Gasteiger charge is 2.50. The largest absolute Gasteiger partial charge is 0.393 e. The van der Waals surface area contributed by atoms with Crippen LogP contribution in [0.5, 0.6) is 0 Å². The number of fused-ring (bicyclic) bond motifs is 1. The molecule has 0 saturated heterocycles. The number of nitrogen functional groups attached to an aromatic ring is 1. The predicted molar refractivity (Wildman–Crippen MR) is 103 cm³/mol. The summed E-state index contributed by atoms with van der Waals surface area (Å²) in [5, 5.41) is 23.1. The number of rotatable bonds is 4. The van der Waals surface area contributed by atoms with E-state index in [0.29, 0.717) is 11.1 Å². The molecule has 7 nitrogen and oxygen atoms in total. The van der Waals surface area contributed by atoms with Crippen molar-refractivity contribution in [1.82, 2.24) is 4.90 Å². The number of benzene rings is 3. The van der Waals surface area contributed by atoms with Crippen molar-refractivity contribution in [2.24, 2.45) is 0 Å². The zero-order valence-corrected chi connectivity index (χ0v) is 14.8. The summed E-state index contributed by atoms with van der Waals surface area (Å²) in [5.74, 6) is -0.346. The van der Waals surface area contributed by atoms with Crippen LogP contribution in [0.2, 0.25) is 0 Å². The molecule has 1 aliphatic rings. The summed E-state index contributed by atoms with van der Waals surface area (Å²) in [6, 6.07) is 20.1. The molecule has 3 aromatic carbocycles. The Morgan fingerprint density at radius 3 is 2.43 bits per heavy atom. The van der Waals surface area contributed by atoms with Crippen molar-refractivity contribution in [2.45, 2.75) is 12.3 Å². The Kier molecular flexibility index (Phi) is 4.09. The van der Waals surface area contributed by atoms with Crippen LogP contribution in [0.3, 0.4) is 0 Å². The summed E-state index contributed by atoms with van der Waals surface area (Å²) >= 11 is 0. The predicted octanol–water partition coefficient (Wildman–Crippen LogP) is 3.03. The third-order valence-corrected chi connectivity index (χ3v) is 4.98. The minimum absolute atomic E-state index is 0.00966. The lowest BCUT2D eigenvalue weighted by Crippen LogP contribution is -2.44. The van der Waals surface area contributed by atoms with Crippen LogP contribution >= 0.6 is 0 Å². The topological polar surface area (TPSA) is 110 Å². The first kappa shape index (κ1) is 17.7. The molecular weight excluding hydrogens is 358 g/mol. The minimum atomic E-state index is -1.85. The molecule has 1 atom stereocenters. The molecule has 0 fully saturated rings. The van der Waals surface area contributed by atoms with Crippen molar-refractivity contribution in [3.05, 3.63) is 105 Å². The summed E-state index contributed by atoms with van der Waals surface area (Å²) in [6.07, 6.45) is 0. The fourth-order valence-electron chi connectivity index (χ4n) is 3.59. The van der Waals surface area contributed by atoms with Crippen LogP contribution in [0.25, 0.3) is 0 Å². The van der Waals surface area contributed by atoms with Gasteiger partial charge in [-0.2, -0.15) is 0 Å². The fraction of sp³-hybridized carbons (Fsp3) is 0.0952. The molecule has 28 heavy (non-hydrogen) atoms. The monoisotopic (exact) mass is 375 g/mol. The first-order chi connectivity index (χ1) is 13.4. The molecule has 0 radical (unpaired) electrons. The molecule has 0 aromatic heterocycles. The molecule has 1 heterocycles. The van der Waals surface area contributed by atoms with Gasteiger partial charge in [-0.3, -0.25) is 19.8 Å². The Hall–Kier alpha value is -3.71. The molecule has 3 N–H and O–H groups in total. The average Bonchev–Trinajstić information content (AvgIpc) is 2.92. The maximum Gasteiger partial charge on any atom is 0.292 e. The van der Waals surface area contributed by atoms with E-state index >= 15 is 0 Å². The van der Waals surface area contributed by atoms with Gasteiger partial charge in [-0.25, -0.2) is 0 Å². The Balaban J connectivity index is 1.90. The molecule has 1 aliphatic heterocycles. The summed E-state index contributed by atoms with van der Waals surface area (Å²) < 4.78 is 0. The quantitative estimate of drug-likeness (QED) is 0.414. The van der Waals surface area contributed by atoms with Gasteiger partial charge >= 0.3 is 0 Å². The second-order valence-electron chi connectivity index (χ2n) is 6.63. The third kappa shape index (κ3) is 2.60. The zero-order valence-electron chi connectivity index (χ0n) is 14.8. The number of nitro groups is 1. The van der Waals surface area contributed by atoms with Crippen molar-refractivity contribution in [3.63, 3.8) is 0 Å². The van der Waals surface area contributed by atoms with E-state index in [2.05, 4.69) is 0 Å². The zero-order chi connectivity index (χ0) is 19.9. The highest BCUT2D eigenvalue weighted by molar-refractivity contribution is 6.00. The van der Waals surface area contributed by atoms with Gasteiger partial charge in [0.05, 0.1) is 4.92 Å². The van der Waals surface area contributed by atoms with Crippen LogP contribution in [0.4, 0.5) is 11.4 Å². The van der Waals surface area contributed by atoms with Crippen LogP contribution in [-0.4, -0.2) is 20.8 Å². The van der Waals surface area contributed by atoms with Crippen LogP contribution in [-0.2, 0) is 12.3 Å². The summed E-state index contributed by atoms with van der Waals surface area (Å²) in [7, 11) is 0. The maximum absolute atomic E-state index is 13.1. The van der Waals surface area contributed by atoms with Crippen molar-refractivity contribution in [2.75, 3.05) is 5.73 Å². The van der Waals surface area contributed by atoms with Crippen molar-refractivity contribution in [1.29, 1.82) is 0 Å². The molecular formula is C21H17N3O4. The number of anilines is 1. The fourth-order valence-corrected chi connectivity index (χ4v) is 3.59. The van der Waals surface area contributed by atoms with Gasteiger partial charge in [0.15, 0.2) is 5.72 Å². The normalized spacial score (nSPS) is 18.2. The van der Waals surface area contributed by atoms with Crippen LogP contribution in [0.15, 0.2) is 72.8 Å². The first-order valence-electron chi connectivity index (χ1n) is 8.65. The molecule has 3 aromatic rings. The van der Waals surface area contributed by atoms with E-state index in [-0.39, 0.29) is 29.4 Å². The van der Waals surface area contributed by atoms with E-state index in [1.165, 1.54) is 23.1 Å². The number of amides is 1. The summed E-state index contributed by atoms with van der Waals surface area (Å²) in [5.41, 5.74) is 5.32. The molecule has 140 valence electrons. The number of nitro benzene ring substituents is 1. The molecule has 7 heteroatoms. The Morgan fingerprint density at radius 1 is 1.04 bits per heavy atom. The summed E-state index contributed by atoms with van der Waals surface area (Å²) in [4.78, 5) is 25.1. The lowest BCUT2D eigenvalue weighted by Gasteiger charge is -2.35. The van der Waals surface area contributed by atoms with Crippen LogP contribution in [0, 0.1) is 10.1 Å². The Bertz CT molecular complexity index is 1080. The molecule has 4 rings (SSSR count). The molecule has 0 spiro atoms. The maximum atomic E-state index is 13.1. The van der Waals surface area contributed by atoms with Gasteiger partial charge in [-0.15, -0.1) is 0 Å². The van der Waals surface area contributed by atoms with Crippen LogP contribution in [0.1, 0.15) is 27.0 Å². The van der Waals surface area contributed by atoms with E-state index < -0.39 is 10.6 Å². The van der Waals surface area contributed by atoms with Crippen molar-refractivity contribution >= 4 is 17.3 Å². The van der Waals surface area contributed by atoms with Gasteiger partial charge in [-0.05, 0) is 17.7 Å². The van der Waals surface area contributed by atoms with E-state index in [1.807, 2.05) is 30.3 Å². The number of nitrogens with two attached hydrogens (primary N) is 1. The SMILES string of the molecule is Nc1ccc([C@]2(O)c3ccccc3C(=O)N2Cc2ccccc2)cc1[N+](=O)[O-]. The van der Waals surface area contributed by atoms with E-state index in [4.69, 9.17) is 5.73 Å².